The van der Waals surface area contributed by atoms with Gasteiger partial charge in [-0.3, -0.25) is 0 Å². The van der Waals surface area contributed by atoms with Crippen LogP contribution in [0.4, 0.5) is 0 Å². The summed E-state index contributed by atoms with van der Waals surface area (Å²) in [6.07, 6.45) is 0. The van der Waals surface area contributed by atoms with Crippen molar-refractivity contribution in [1.82, 2.24) is 4.72 Å². The molecule has 1 N–H and O–H groups in total. The number of hydrogen-bond acceptors (Lipinski definition) is 2. The molecule has 2 aromatic carbocycles. The average Bonchev–Trinajstić information content (AvgIpc) is 2.37. The van der Waals surface area contributed by atoms with Crippen LogP contribution in [-0.4, -0.2) is 8.42 Å². The van der Waals surface area contributed by atoms with E-state index in [2.05, 4.69) is 20.7 Å². The molecular formula is C14H12BrCl2NO2S. The zero-order valence-corrected chi connectivity index (χ0v) is 14.9. The third-order valence-electron chi connectivity index (χ3n) is 2.89. The molecule has 112 valence electrons. The van der Waals surface area contributed by atoms with Crippen molar-refractivity contribution in [2.45, 2.75) is 17.9 Å². The molecule has 0 saturated heterocycles. The molecule has 0 heterocycles. The van der Waals surface area contributed by atoms with Gasteiger partial charge in [-0.15, -0.1) is 0 Å². The molecule has 1 atom stereocenters. The normalized spacial score (nSPS) is 13.1. The number of rotatable bonds is 4. The second kappa shape index (κ2) is 6.67. The van der Waals surface area contributed by atoms with Gasteiger partial charge in [-0.05, 0) is 36.8 Å². The molecule has 0 saturated carbocycles. The van der Waals surface area contributed by atoms with E-state index in [1.807, 2.05) is 0 Å². The number of hydrogen-bond donors (Lipinski definition) is 1. The predicted octanol–water partition coefficient (Wildman–Crippen LogP) is 4.80. The standard InChI is InChI=1S/C14H12BrCl2NO2S/c1-9(11-4-2-3-5-12(11)16)18-21(19,20)14-7-6-10(15)8-13(14)17/h2-9,18H,1H3. The van der Waals surface area contributed by atoms with Gasteiger partial charge in [-0.1, -0.05) is 57.3 Å². The molecule has 0 amide bonds. The van der Waals surface area contributed by atoms with E-state index in [0.29, 0.717) is 15.1 Å². The van der Waals surface area contributed by atoms with E-state index in [1.54, 1.807) is 37.3 Å². The van der Waals surface area contributed by atoms with Crippen LogP contribution < -0.4 is 4.72 Å². The molecule has 21 heavy (non-hydrogen) atoms. The zero-order chi connectivity index (χ0) is 15.6. The maximum atomic E-state index is 12.4. The van der Waals surface area contributed by atoms with Crippen LogP contribution in [0.25, 0.3) is 0 Å². The quantitative estimate of drug-likeness (QED) is 0.789. The van der Waals surface area contributed by atoms with Crippen LogP contribution in [0.1, 0.15) is 18.5 Å². The van der Waals surface area contributed by atoms with Crippen LogP contribution in [0.2, 0.25) is 10.0 Å². The van der Waals surface area contributed by atoms with Gasteiger partial charge in [0.15, 0.2) is 0 Å². The Balaban J connectivity index is 2.31. The van der Waals surface area contributed by atoms with Crippen molar-refractivity contribution in [2.24, 2.45) is 0 Å². The first kappa shape index (κ1) is 16.8. The lowest BCUT2D eigenvalue weighted by Gasteiger charge is -2.16. The first-order valence-corrected chi connectivity index (χ1v) is 9.06. The summed E-state index contributed by atoms with van der Waals surface area (Å²) in [5.41, 5.74) is 0.705. The second-order valence-electron chi connectivity index (χ2n) is 4.44. The van der Waals surface area contributed by atoms with E-state index >= 15 is 0 Å². The number of halogens is 3. The molecule has 2 aromatic rings. The smallest absolute Gasteiger partial charge is 0.207 e. The van der Waals surface area contributed by atoms with Gasteiger partial charge in [-0.2, -0.15) is 0 Å². The fraction of sp³-hybridized carbons (Fsp3) is 0.143. The summed E-state index contributed by atoms with van der Waals surface area (Å²) in [5.74, 6) is 0. The van der Waals surface area contributed by atoms with E-state index in [4.69, 9.17) is 23.2 Å². The molecule has 0 bridgehead atoms. The number of benzene rings is 2. The van der Waals surface area contributed by atoms with Crippen molar-refractivity contribution in [3.8, 4) is 0 Å². The highest BCUT2D eigenvalue weighted by atomic mass is 79.9. The highest BCUT2D eigenvalue weighted by Crippen LogP contribution is 2.28. The zero-order valence-electron chi connectivity index (χ0n) is 11.0. The Bertz CT molecular complexity index is 765. The first-order chi connectivity index (χ1) is 9.81. The Kier molecular flexibility index (Phi) is 5.33. The molecule has 1 unspecified atom stereocenters. The van der Waals surface area contributed by atoms with E-state index in [9.17, 15) is 8.42 Å². The maximum Gasteiger partial charge on any atom is 0.242 e. The van der Waals surface area contributed by atoms with Crippen molar-refractivity contribution >= 4 is 49.2 Å². The molecule has 2 rings (SSSR count). The van der Waals surface area contributed by atoms with Gasteiger partial charge in [0.05, 0.1) is 5.02 Å². The second-order valence-corrected chi connectivity index (χ2v) is 7.85. The Morgan fingerprint density at radius 1 is 1.10 bits per heavy atom. The molecule has 0 radical (unpaired) electrons. The summed E-state index contributed by atoms with van der Waals surface area (Å²) in [7, 11) is -3.73. The van der Waals surface area contributed by atoms with Crippen LogP contribution >= 0.6 is 39.1 Å². The van der Waals surface area contributed by atoms with Gasteiger partial charge < -0.3 is 0 Å². The fourth-order valence-corrected chi connectivity index (χ4v) is 4.44. The molecule has 7 heteroatoms. The SMILES string of the molecule is CC(NS(=O)(=O)c1ccc(Br)cc1Cl)c1ccccc1Cl. The number of nitrogens with one attached hydrogen (secondary N) is 1. The summed E-state index contributed by atoms with van der Waals surface area (Å²) in [4.78, 5) is 0.0336. The van der Waals surface area contributed by atoms with Crippen molar-refractivity contribution in [2.75, 3.05) is 0 Å². The summed E-state index contributed by atoms with van der Waals surface area (Å²) >= 11 is 15.3. The lowest BCUT2D eigenvalue weighted by Crippen LogP contribution is -2.27. The van der Waals surface area contributed by atoms with E-state index in [1.165, 1.54) is 12.1 Å². The van der Waals surface area contributed by atoms with Crippen LogP contribution in [0.15, 0.2) is 51.8 Å². The molecular weight excluding hydrogens is 397 g/mol. The largest absolute Gasteiger partial charge is 0.242 e. The molecule has 3 nitrogen and oxygen atoms in total. The molecule has 0 aliphatic rings. The number of sulfonamides is 1. The summed E-state index contributed by atoms with van der Waals surface area (Å²) < 4.78 is 28.1. The molecule has 0 aliphatic carbocycles. The van der Waals surface area contributed by atoms with Crippen LogP contribution in [0.5, 0.6) is 0 Å². The van der Waals surface area contributed by atoms with Gasteiger partial charge in [0, 0.05) is 15.5 Å². The van der Waals surface area contributed by atoms with Gasteiger partial charge >= 0.3 is 0 Å². The van der Waals surface area contributed by atoms with Gasteiger partial charge in [0.1, 0.15) is 4.90 Å². The minimum Gasteiger partial charge on any atom is -0.207 e. The molecule has 0 aromatic heterocycles. The van der Waals surface area contributed by atoms with Gasteiger partial charge in [-0.25, -0.2) is 13.1 Å². The average molecular weight is 409 g/mol. The first-order valence-electron chi connectivity index (χ1n) is 6.03. The Labute approximate surface area is 142 Å². The van der Waals surface area contributed by atoms with Crippen LogP contribution in [0, 0.1) is 0 Å². The van der Waals surface area contributed by atoms with Crippen molar-refractivity contribution in [1.29, 1.82) is 0 Å². The van der Waals surface area contributed by atoms with Crippen LogP contribution in [-0.2, 0) is 10.0 Å². The monoisotopic (exact) mass is 407 g/mol. The summed E-state index contributed by atoms with van der Waals surface area (Å²) in [6.45, 7) is 1.73. The predicted molar refractivity (Wildman–Crippen MR) is 89.3 cm³/mol. The van der Waals surface area contributed by atoms with E-state index in [0.717, 1.165) is 0 Å². The summed E-state index contributed by atoms with van der Waals surface area (Å²) in [6, 6.07) is 11.2. The third-order valence-corrected chi connectivity index (χ3v) is 5.75. The topological polar surface area (TPSA) is 46.2 Å². The van der Waals surface area contributed by atoms with Crippen molar-refractivity contribution < 1.29 is 8.42 Å². The van der Waals surface area contributed by atoms with Gasteiger partial charge in [0.2, 0.25) is 10.0 Å². The molecule has 0 aliphatic heterocycles. The maximum absolute atomic E-state index is 12.4. The summed E-state index contributed by atoms with van der Waals surface area (Å²) in [5, 5.41) is 0.665. The minimum atomic E-state index is -3.73. The fourth-order valence-electron chi connectivity index (χ4n) is 1.88. The van der Waals surface area contributed by atoms with Crippen molar-refractivity contribution in [3.63, 3.8) is 0 Å². The van der Waals surface area contributed by atoms with Crippen molar-refractivity contribution in [3.05, 3.63) is 62.5 Å². The highest BCUT2D eigenvalue weighted by Gasteiger charge is 2.22. The third kappa shape index (κ3) is 3.99. The Hall–Kier alpha value is -0.590. The van der Waals surface area contributed by atoms with Gasteiger partial charge in [0.25, 0.3) is 0 Å². The van der Waals surface area contributed by atoms with E-state index in [-0.39, 0.29) is 9.92 Å². The lowest BCUT2D eigenvalue weighted by molar-refractivity contribution is 0.567. The molecule has 0 fully saturated rings. The Morgan fingerprint density at radius 2 is 1.76 bits per heavy atom. The lowest BCUT2D eigenvalue weighted by atomic mass is 10.1. The minimum absolute atomic E-state index is 0.0336. The Morgan fingerprint density at radius 3 is 2.38 bits per heavy atom. The molecule has 0 spiro atoms. The highest BCUT2D eigenvalue weighted by molar-refractivity contribution is 9.10. The van der Waals surface area contributed by atoms with Crippen LogP contribution in [0.3, 0.4) is 0 Å². The van der Waals surface area contributed by atoms with E-state index < -0.39 is 16.1 Å².